The molecule has 2 bridgehead atoms. The summed E-state index contributed by atoms with van der Waals surface area (Å²) < 4.78 is 12.6. The van der Waals surface area contributed by atoms with E-state index in [9.17, 15) is 24.3 Å². The first kappa shape index (κ1) is 33.9. The van der Waals surface area contributed by atoms with E-state index < -0.39 is 47.6 Å². The monoisotopic (exact) mass is 673 g/mol. The van der Waals surface area contributed by atoms with E-state index in [1.54, 1.807) is 17.1 Å². The molecule has 1 spiro atoms. The summed E-state index contributed by atoms with van der Waals surface area (Å²) in [7, 11) is 0. The lowest BCUT2D eigenvalue weighted by atomic mass is 9.70. The van der Waals surface area contributed by atoms with Crippen molar-refractivity contribution >= 4 is 39.6 Å². The number of β-amino-alcohol motifs (C(OH)–C–C–N with tert-alkyl or cyclic N) is 1. The van der Waals surface area contributed by atoms with Crippen molar-refractivity contribution in [2.45, 2.75) is 80.7 Å². The number of rotatable bonds is 16. The molecule has 0 radical (unpaired) electrons. The molecule has 8 atom stereocenters. The molecule has 1 aromatic carbocycles. The van der Waals surface area contributed by atoms with Crippen LogP contribution in [0.4, 0.5) is 0 Å². The molecule has 3 heterocycles. The van der Waals surface area contributed by atoms with Gasteiger partial charge in [0.2, 0.25) is 17.7 Å². The van der Waals surface area contributed by atoms with Crippen LogP contribution in [0.3, 0.4) is 0 Å². The maximum absolute atomic E-state index is 14.3. The second-order valence-electron chi connectivity index (χ2n) is 11.8. The Kier molecular flexibility index (Phi) is 11.4. The highest BCUT2D eigenvalue weighted by Crippen LogP contribution is 2.60. The van der Waals surface area contributed by atoms with Gasteiger partial charge in [-0.05, 0) is 31.7 Å². The number of aliphatic hydroxyl groups is 1. The molecule has 44 heavy (non-hydrogen) atoms. The van der Waals surface area contributed by atoms with Gasteiger partial charge in [-0.2, -0.15) is 0 Å². The summed E-state index contributed by atoms with van der Waals surface area (Å²) >= 11 is 3.68. The first-order valence-corrected chi connectivity index (χ1v) is 16.3. The minimum absolute atomic E-state index is 0.0506. The number of esters is 1. The molecule has 3 fully saturated rings. The summed E-state index contributed by atoms with van der Waals surface area (Å²) in [6, 6.07) is 7.97. The van der Waals surface area contributed by atoms with E-state index in [1.807, 2.05) is 44.2 Å². The van der Waals surface area contributed by atoms with E-state index in [1.165, 1.54) is 4.90 Å². The summed E-state index contributed by atoms with van der Waals surface area (Å²) in [5.74, 6) is -3.46. The lowest BCUT2D eigenvalue weighted by Crippen LogP contribution is -2.58. The normalized spacial score (nSPS) is 28.2. The Balaban J connectivity index is 1.65. The topological polar surface area (TPSA) is 125 Å². The van der Waals surface area contributed by atoms with Crippen LogP contribution in [0.2, 0.25) is 0 Å². The van der Waals surface area contributed by atoms with E-state index in [-0.39, 0.29) is 48.8 Å². The Morgan fingerprint density at radius 1 is 1.27 bits per heavy atom. The fraction of sp³-hybridized carbons (Fsp3) is 0.576. The van der Waals surface area contributed by atoms with E-state index in [2.05, 4.69) is 34.4 Å². The van der Waals surface area contributed by atoms with Gasteiger partial charge in [0.15, 0.2) is 0 Å². The molecule has 0 aromatic heterocycles. The van der Waals surface area contributed by atoms with Gasteiger partial charge in [-0.1, -0.05) is 71.8 Å². The second-order valence-corrected chi connectivity index (χ2v) is 13.0. The lowest BCUT2D eigenvalue weighted by Gasteiger charge is -2.39. The smallest absolute Gasteiger partial charge is 0.313 e. The number of alkyl halides is 1. The van der Waals surface area contributed by atoms with Gasteiger partial charge in [-0.15, -0.1) is 13.2 Å². The number of nitrogens with one attached hydrogen (secondary N) is 1. The first-order chi connectivity index (χ1) is 21.1. The maximum Gasteiger partial charge on any atom is 0.313 e. The minimum Gasteiger partial charge on any atom is -0.455 e. The summed E-state index contributed by atoms with van der Waals surface area (Å²) in [5, 5.41) is 12.8. The Labute approximate surface area is 267 Å². The Morgan fingerprint density at radius 3 is 2.64 bits per heavy atom. The molecule has 4 rings (SSSR count). The Morgan fingerprint density at radius 2 is 2.00 bits per heavy atom. The fourth-order valence-electron chi connectivity index (χ4n) is 7.03. The van der Waals surface area contributed by atoms with Crippen molar-refractivity contribution in [3.05, 3.63) is 61.2 Å². The molecule has 3 amide bonds. The molecule has 3 saturated heterocycles. The predicted molar refractivity (Wildman–Crippen MR) is 168 cm³/mol. The van der Waals surface area contributed by atoms with E-state index in [4.69, 9.17) is 9.47 Å². The van der Waals surface area contributed by atoms with Crippen molar-refractivity contribution < 1.29 is 33.8 Å². The predicted octanol–water partition coefficient (Wildman–Crippen LogP) is 3.30. The summed E-state index contributed by atoms with van der Waals surface area (Å²) in [6.07, 6.45) is 4.59. The van der Waals surface area contributed by atoms with E-state index >= 15 is 0 Å². The average Bonchev–Trinajstić information content (AvgIpc) is 3.60. The minimum atomic E-state index is -1.27. The highest BCUT2D eigenvalue weighted by atomic mass is 79.9. The first-order valence-electron chi connectivity index (χ1n) is 15.4. The number of benzene rings is 1. The molecular weight excluding hydrogens is 630 g/mol. The molecular formula is C33H44BrN3O7. The van der Waals surface area contributed by atoms with Gasteiger partial charge < -0.3 is 29.7 Å². The summed E-state index contributed by atoms with van der Waals surface area (Å²) in [6.45, 7) is 11.4. The number of ether oxygens (including phenoxy) is 2. The summed E-state index contributed by atoms with van der Waals surface area (Å²) in [5.41, 5.74) is -0.574. The van der Waals surface area contributed by atoms with E-state index in [0.717, 1.165) is 12.8 Å². The molecule has 2 N–H and O–H groups in total. The number of nitrogens with zero attached hydrogens (tertiary/aromatic N) is 2. The van der Waals surface area contributed by atoms with Crippen LogP contribution < -0.4 is 5.32 Å². The molecule has 10 nitrogen and oxygen atoms in total. The molecule has 11 heteroatoms. The zero-order valence-electron chi connectivity index (χ0n) is 25.5. The molecule has 0 aliphatic carbocycles. The quantitative estimate of drug-likeness (QED) is 0.157. The average molecular weight is 675 g/mol. The van der Waals surface area contributed by atoms with Crippen molar-refractivity contribution in [1.82, 2.24) is 15.1 Å². The molecule has 3 aliphatic heterocycles. The number of aliphatic hydroxyl groups excluding tert-OH is 1. The van der Waals surface area contributed by atoms with Gasteiger partial charge in [0, 0.05) is 30.4 Å². The molecule has 1 aromatic rings. The number of carbonyl (C=O) groups excluding carboxylic acids is 4. The third kappa shape index (κ3) is 6.50. The van der Waals surface area contributed by atoms with Crippen molar-refractivity contribution in [2.75, 3.05) is 26.2 Å². The number of allylic oxidation sites excluding steroid dienone is 1. The molecule has 240 valence electrons. The van der Waals surface area contributed by atoms with Crippen molar-refractivity contribution in [1.29, 1.82) is 0 Å². The van der Waals surface area contributed by atoms with Gasteiger partial charge in [-0.3, -0.25) is 19.2 Å². The number of hydrogen-bond donors (Lipinski definition) is 2. The highest BCUT2D eigenvalue weighted by Gasteiger charge is 2.77. The highest BCUT2D eigenvalue weighted by molar-refractivity contribution is 9.09. The van der Waals surface area contributed by atoms with Crippen LogP contribution in [-0.4, -0.2) is 93.5 Å². The SMILES string of the molecule is C=CCCC(=O)NC[C@@H](OC(=O)[C@@H]1[C@H]2O[C@@]3(CC2Br)[C@H](C(=O)N(CC=C)C(C)CCC)N(CCO)C(=O)[C@@H]13)c1ccccc1. The number of amides is 3. The van der Waals surface area contributed by atoms with Gasteiger partial charge >= 0.3 is 5.97 Å². The largest absolute Gasteiger partial charge is 0.455 e. The van der Waals surface area contributed by atoms with Crippen LogP contribution in [0.15, 0.2) is 55.6 Å². The van der Waals surface area contributed by atoms with Gasteiger partial charge in [0.1, 0.15) is 17.7 Å². The van der Waals surface area contributed by atoms with Crippen molar-refractivity contribution in [3.8, 4) is 0 Å². The van der Waals surface area contributed by atoms with Crippen LogP contribution in [0.5, 0.6) is 0 Å². The van der Waals surface area contributed by atoms with Crippen LogP contribution >= 0.6 is 15.9 Å². The van der Waals surface area contributed by atoms with E-state index in [0.29, 0.717) is 24.9 Å². The van der Waals surface area contributed by atoms with Gasteiger partial charge in [0.05, 0.1) is 31.1 Å². The van der Waals surface area contributed by atoms with Crippen LogP contribution in [0.25, 0.3) is 0 Å². The third-order valence-corrected chi connectivity index (χ3v) is 9.82. The number of carbonyl (C=O) groups is 4. The number of halogens is 1. The maximum atomic E-state index is 14.3. The number of hydrogen-bond acceptors (Lipinski definition) is 7. The Hall–Kier alpha value is -3.02. The van der Waals surface area contributed by atoms with Crippen LogP contribution in [-0.2, 0) is 28.7 Å². The van der Waals surface area contributed by atoms with Crippen molar-refractivity contribution in [3.63, 3.8) is 0 Å². The van der Waals surface area contributed by atoms with Crippen molar-refractivity contribution in [2.24, 2.45) is 11.8 Å². The second kappa shape index (κ2) is 14.8. The fourth-order valence-corrected chi connectivity index (χ4v) is 7.97. The molecule has 3 aliphatic rings. The number of likely N-dealkylation sites (tertiary alicyclic amines) is 1. The summed E-state index contributed by atoms with van der Waals surface area (Å²) in [4.78, 5) is 57.6. The molecule has 0 saturated carbocycles. The van der Waals surface area contributed by atoms with Crippen LogP contribution in [0, 0.1) is 11.8 Å². The Bertz CT molecular complexity index is 1230. The van der Waals surface area contributed by atoms with Crippen LogP contribution in [0.1, 0.15) is 57.6 Å². The zero-order valence-corrected chi connectivity index (χ0v) is 27.1. The van der Waals surface area contributed by atoms with Gasteiger partial charge in [0.25, 0.3) is 0 Å². The number of fused-ring (bicyclic) bond motifs is 1. The molecule has 2 unspecified atom stereocenters. The third-order valence-electron chi connectivity index (χ3n) is 8.97. The zero-order chi connectivity index (χ0) is 32.0. The van der Waals surface area contributed by atoms with Gasteiger partial charge in [-0.25, -0.2) is 0 Å². The standard InChI is InChI=1S/C33H44BrN3O7/c1-5-8-15-25(39)35-20-24(22-13-10-9-11-14-22)43-32(42)26-27-30(40)37(17-18-38)29(33(27)19-23(34)28(26)44-33)31(41)36(16-7-3)21(4)12-6-2/h5,7,9-11,13-14,21,23-24,26-29,38H,1,3,6,8,12,15-20H2,2,4H3,(H,35,39)/t21?,23?,24-,26+,27-,28+,29+,33-/m1/s1. The lowest BCUT2D eigenvalue weighted by molar-refractivity contribution is -0.160.